The fraction of sp³-hybridized carbons (Fsp3) is 0.462. The van der Waals surface area contributed by atoms with Gasteiger partial charge < -0.3 is 5.11 Å². The highest BCUT2D eigenvalue weighted by molar-refractivity contribution is 5.66. The third-order valence-electron chi connectivity index (χ3n) is 2.76. The number of carboxylic acids is 1. The molecule has 1 rings (SSSR count). The first-order valence-corrected chi connectivity index (χ1v) is 5.29. The smallest absolute Gasteiger partial charge is 0.303 e. The van der Waals surface area contributed by atoms with Crippen molar-refractivity contribution in [3.8, 4) is 0 Å². The summed E-state index contributed by atoms with van der Waals surface area (Å²) in [5, 5.41) is 8.63. The lowest BCUT2D eigenvalue weighted by Gasteiger charge is -2.14. The molecular formula is C13H18O2. The SMILES string of the molecule is Cc1ccc(C)c([C@@H](C)CCC(=O)O)c1. The minimum atomic E-state index is -0.716. The summed E-state index contributed by atoms with van der Waals surface area (Å²) in [5.41, 5.74) is 3.76. The second kappa shape index (κ2) is 4.96. The maximum Gasteiger partial charge on any atom is 0.303 e. The monoisotopic (exact) mass is 206 g/mol. The van der Waals surface area contributed by atoms with Gasteiger partial charge in [0.05, 0.1) is 0 Å². The van der Waals surface area contributed by atoms with Crippen LogP contribution >= 0.6 is 0 Å². The molecule has 0 heterocycles. The van der Waals surface area contributed by atoms with Crippen LogP contribution in [0.25, 0.3) is 0 Å². The summed E-state index contributed by atoms with van der Waals surface area (Å²) in [6.45, 7) is 6.23. The number of benzene rings is 1. The van der Waals surface area contributed by atoms with Crippen LogP contribution in [0.2, 0.25) is 0 Å². The van der Waals surface area contributed by atoms with E-state index in [1.165, 1.54) is 16.7 Å². The van der Waals surface area contributed by atoms with Crippen LogP contribution in [0.1, 0.15) is 42.4 Å². The molecule has 0 aliphatic rings. The molecule has 1 N–H and O–H groups in total. The second-order valence-electron chi connectivity index (χ2n) is 4.19. The van der Waals surface area contributed by atoms with Gasteiger partial charge in [-0.05, 0) is 37.3 Å². The highest BCUT2D eigenvalue weighted by atomic mass is 16.4. The third-order valence-corrected chi connectivity index (χ3v) is 2.76. The van der Waals surface area contributed by atoms with Crippen LogP contribution in [0.3, 0.4) is 0 Å². The molecule has 0 aliphatic heterocycles. The lowest BCUT2D eigenvalue weighted by atomic mass is 9.91. The van der Waals surface area contributed by atoms with Crippen molar-refractivity contribution in [2.75, 3.05) is 0 Å². The molecule has 2 heteroatoms. The summed E-state index contributed by atoms with van der Waals surface area (Å²) in [6.07, 6.45) is 0.953. The molecule has 0 fully saturated rings. The third kappa shape index (κ3) is 3.39. The van der Waals surface area contributed by atoms with Crippen LogP contribution in [0.15, 0.2) is 18.2 Å². The van der Waals surface area contributed by atoms with E-state index in [9.17, 15) is 4.79 Å². The van der Waals surface area contributed by atoms with Gasteiger partial charge in [-0.2, -0.15) is 0 Å². The molecule has 0 amide bonds. The van der Waals surface area contributed by atoms with E-state index in [0.717, 1.165) is 0 Å². The van der Waals surface area contributed by atoms with Gasteiger partial charge in [-0.1, -0.05) is 30.7 Å². The minimum absolute atomic E-state index is 0.245. The van der Waals surface area contributed by atoms with Crippen molar-refractivity contribution >= 4 is 5.97 Å². The molecule has 0 bridgehead atoms. The van der Waals surface area contributed by atoms with Crippen LogP contribution in [-0.2, 0) is 4.79 Å². The van der Waals surface area contributed by atoms with Gasteiger partial charge in [0.25, 0.3) is 0 Å². The molecule has 0 saturated heterocycles. The maximum atomic E-state index is 10.5. The average molecular weight is 206 g/mol. The Balaban J connectivity index is 2.76. The fourth-order valence-electron chi connectivity index (χ4n) is 1.79. The van der Waals surface area contributed by atoms with Crippen molar-refractivity contribution < 1.29 is 9.90 Å². The van der Waals surface area contributed by atoms with Crippen molar-refractivity contribution in [1.29, 1.82) is 0 Å². The van der Waals surface area contributed by atoms with Crippen molar-refractivity contribution in [2.45, 2.75) is 39.5 Å². The molecule has 0 radical (unpaired) electrons. The van der Waals surface area contributed by atoms with Gasteiger partial charge >= 0.3 is 5.97 Å². The van der Waals surface area contributed by atoms with Crippen LogP contribution in [0, 0.1) is 13.8 Å². The number of rotatable bonds is 4. The number of carbonyl (C=O) groups is 1. The Morgan fingerprint density at radius 2 is 2.07 bits per heavy atom. The Hall–Kier alpha value is -1.31. The normalized spacial score (nSPS) is 12.5. The summed E-state index contributed by atoms with van der Waals surface area (Å²) in [6, 6.07) is 6.34. The molecule has 0 aromatic heterocycles. The van der Waals surface area contributed by atoms with Crippen LogP contribution < -0.4 is 0 Å². The van der Waals surface area contributed by atoms with Gasteiger partial charge in [-0.15, -0.1) is 0 Å². The van der Waals surface area contributed by atoms with Crippen molar-refractivity contribution in [2.24, 2.45) is 0 Å². The molecule has 1 atom stereocenters. The number of hydrogen-bond donors (Lipinski definition) is 1. The molecule has 0 aliphatic carbocycles. The topological polar surface area (TPSA) is 37.3 Å². The van der Waals surface area contributed by atoms with E-state index in [0.29, 0.717) is 12.3 Å². The minimum Gasteiger partial charge on any atom is -0.481 e. The Labute approximate surface area is 90.9 Å². The highest BCUT2D eigenvalue weighted by Gasteiger charge is 2.10. The summed E-state index contributed by atoms with van der Waals surface area (Å²) in [7, 11) is 0. The number of hydrogen-bond acceptors (Lipinski definition) is 1. The summed E-state index contributed by atoms with van der Waals surface area (Å²) >= 11 is 0. The zero-order valence-electron chi connectivity index (χ0n) is 9.58. The second-order valence-corrected chi connectivity index (χ2v) is 4.19. The average Bonchev–Trinajstić information content (AvgIpc) is 2.18. The van der Waals surface area contributed by atoms with Crippen molar-refractivity contribution in [1.82, 2.24) is 0 Å². The zero-order chi connectivity index (χ0) is 11.4. The van der Waals surface area contributed by atoms with E-state index >= 15 is 0 Å². The summed E-state index contributed by atoms with van der Waals surface area (Å²) in [5.74, 6) is -0.395. The van der Waals surface area contributed by atoms with Crippen LogP contribution in [0.5, 0.6) is 0 Å². The molecular weight excluding hydrogens is 188 g/mol. The van der Waals surface area contributed by atoms with E-state index < -0.39 is 5.97 Å². The Bertz CT molecular complexity index is 356. The lowest BCUT2D eigenvalue weighted by Crippen LogP contribution is -2.02. The lowest BCUT2D eigenvalue weighted by molar-refractivity contribution is -0.137. The Morgan fingerprint density at radius 3 is 2.67 bits per heavy atom. The van der Waals surface area contributed by atoms with Gasteiger partial charge in [0.2, 0.25) is 0 Å². The molecule has 1 aromatic carbocycles. The van der Waals surface area contributed by atoms with E-state index in [1.807, 2.05) is 0 Å². The first kappa shape index (κ1) is 11.8. The number of aryl methyl sites for hydroxylation is 2. The molecule has 82 valence electrons. The van der Waals surface area contributed by atoms with E-state index in [4.69, 9.17) is 5.11 Å². The Kier molecular flexibility index (Phi) is 3.89. The number of aliphatic carboxylic acids is 1. The first-order chi connectivity index (χ1) is 7.00. The van der Waals surface area contributed by atoms with Crippen molar-refractivity contribution in [3.63, 3.8) is 0 Å². The van der Waals surface area contributed by atoms with Gasteiger partial charge in [-0.25, -0.2) is 0 Å². The van der Waals surface area contributed by atoms with E-state index in [-0.39, 0.29) is 6.42 Å². The number of carboxylic acid groups (broad SMARTS) is 1. The summed E-state index contributed by atoms with van der Waals surface area (Å²) < 4.78 is 0. The molecule has 0 unspecified atom stereocenters. The standard InChI is InChI=1S/C13H18O2/c1-9-4-5-10(2)12(8-9)11(3)6-7-13(14)15/h4-5,8,11H,6-7H2,1-3H3,(H,14,15)/t11-/m0/s1. The predicted molar refractivity (Wildman–Crippen MR) is 61.2 cm³/mol. The zero-order valence-corrected chi connectivity index (χ0v) is 9.58. The van der Waals surface area contributed by atoms with Gasteiger partial charge in [0, 0.05) is 6.42 Å². The maximum absolute atomic E-state index is 10.5. The van der Waals surface area contributed by atoms with Crippen molar-refractivity contribution in [3.05, 3.63) is 34.9 Å². The van der Waals surface area contributed by atoms with E-state index in [2.05, 4.69) is 39.0 Å². The molecule has 2 nitrogen and oxygen atoms in total. The fourth-order valence-corrected chi connectivity index (χ4v) is 1.79. The quantitative estimate of drug-likeness (QED) is 0.820. The highest BCUT2D eigenvalue weighted by Crippen LogP contribution is 2.24. The molecule has 1 aromatic rings. The predicted octanol–water partition coefficient (Wildman–Crippen LogP) is 3.27. The van der Waals surface area contributed by atoms with Gasteiger partial charge in [-0.3, -0.25) is 4.79 Å². The molecule has 15 heavy (non-hydrogen) atoms. The van der Waals surface area contributed by atoms with Crippen LogP contribution in [-0.4, -0.2) is 11.1 Å². The first-order valence-electron chi connectivity index (χ1n) is 5.29. The largest absolute Gasteiger partial charge is 0.481 e. The molecule has 0 spiro atoms. The van der Waals surface area contributed by atoms with Gasteiger partial charge in [0.1, 0.15) is 0 Å². The summed E-state index contributed by atoms with van der Waals surface area (Å²) in [4.78, 5) is 10.5. The molecule has 0 saturated carbocycles. The Morgan fingerprint density at radius 1 is 1.40 bits per heavy atom. The van der Waals surface area contributed by atoms with Crippen LogP contribution in [0.4, 0.5) is 0 Å². The van der Waals surface area contributed by atoms with E-state index in [1.54, 1.807) is 0 Å². The van der Waals surface area contributed by atoms with Gasteiger partial charge in [0.15, 0.2) is 0 Å².